The summed E-state index contributed by atoms with van der Waals surface area (Å²) in [5, 5.41) is 2.84. The van der Waals surface area contributed by atoms with Gasteiger partial charge >= 0.3 is 0 Å². The molecule has 2 aromatic heterocycles. The quantitative estimate of drug-likeness (QED) is 0.803. The summed E-state index contributed by atoms with van der Waals surface area (Å²) in [5.74, 6) is -0.0938. The van der Waals surface area contributed by atoms with Crippen molar-refractivity contribution in [3.05, 3.63) is 36.3 Å². The maximum atomic E-state index is 11.8. The maximum Gasteiger partial charge on any atom is 0.270 e. The first kappa shape index (κ1) is 9.71. The molecule has 15 heavy (non-hydrogen) atoms. The SMILES string of the molecule is CC(C)NC(=O)c1cnc2ccccn12. The summed E-state index contributed by atoms with van der Waals surface area (Å²) in [6, 6.07) is 5.77. The van der Waals surface area contributed by atoms with Crippen molar-refractivity contribution in [2.75, 3.05) is 0 Å². The Morgan fingerprint density at radius 3 is 3.00 bits per heavy atom. The molecule has 0 aromatic carbocycles. The van der Waals surface area contributed by atoms with Crippen molar-refractivity contribution >= 4 is 11.6 Å². The molecular formula is C11H13N3O. The van der Waals surface area contributed by atoms with E-state index in [1.807, 2.05) is 38.2 Å². The molecule has 0 radical (unpaired) electrons. The van der Waals surface area contributed by atoms with Gasteiger partial charge in [-0.25, -0.2) is 4.98 Å². The van der Waals surface area contributed by atoms with Crippen LogP contribution in [0.4, 0.5) is 0 Å². The second-order valence-corrected chi connectivity index (χ2v) is 3.70. The van der Waals surface area contributed by atoms with Crippen LogP contribution >= 0.6 is 0 Å². The van der Waals surface area contributed by atoms with E-state index in [-0.39, 0.29) is 11.9 Å². The number of fused-ring (bicyclic) bond motifs is 1. The molecule has 0 atom stereocenters. The minimum absolute atomic E-state index is 0.0938. The van der Waals surface area contributed by atoms with E-state index >= 15 is 0 Å². The van der Waals surface area contributed by atoms with Crippen LogP contribution in [0.1, 0.15) is 24.3 Å². The lowest BCUT2D eigenvalue weighted by molar-refractivity contribution is 0.0937. The van der Waals surface area contributed by atoms with E-state index in [4.69, 9.17) is 0 Å². The van der Waals surface area contributed by atoms with Crippen LogP contribution in [0.2, 0.25) is 0 Å². The molecule has 0 aliphatic rings. The lowest BCUT2D eigenvalue weighted by atomic mass is 10.3. The van der Waals surface area contributed by atoms with E-state index in [9.17, 15) is 4.79 Å². The minimum Gasteiger partial charge on any atom is -0.349 e. The Labute approximate surface area is 87.9 Å². The molecule has 4 heteroatoms. The Morgan fingerprint density at radius 1 is 1.47 bits per heavy atom. The third-order valence-corrected chi connectivity index (χ3v) is 2.07. The van der Waals surface area contributed by atoms with Gasteiger partial charge in [-0.3, -0.25) is 9.20 Å². The molecule has 78 valence electrons. The van der Waals surface area contributed by atoms with Crippen LogP contribution in [0.15, 0.2) is 30.6 Å². The Morgan fingerprint density at radius 2 is 2.27 bits per heavy atom. The highest BCUT2D eigenvalue weighted by Gasteiger charge is 2.11. The molecule has 2 rings (SSSR count). The summed E-state index contributed by atoms with van der Waals surface area (Å²) in [4.78, 5) is 15.9. The first-order chi connectivity index (χ1) is 7.18. The molecule has 2 heterocycles. The number of imidazole rings is 1. The summed E-state index contributed by atoms with van der Waals surface area (Å²) in [6.45, 7) is 3.86. The van der Waals surface area contributed by atoms with E-state index in [0.717, 1.165) is 5.65 Å². The monoisotopic (exact) mass is 203 g/mol. The normalized spacial score (nSPS) is 10.9. The number of nitrogens with one attached hydrogen (secondary N) is 1. The van der Waals surface area contributed by atoms with Gasteiger partial charge in [-0.15, -0.1) is 0 Å². The molecule has 0 aliphatic heterocycles. The van der Waals surface area contributed by atoms with E-state index < -0.39 is 0 Å². The van der Waals surface area contributed by atoms with Crippen molar-refractivity contribution < 1.29 is 4.79 Å². The summed E-state index contributed by atoms with van der Waals surface area (Å²) in [5.41, 5.74) is 1.35. The summed E-state index contributed by atoms with van der Waals surface area (Å²) >= 11 is 0. The highest BCUT2D eigenvalue weighted by molar-refractivity contribution is 5.93. The molecule has 4 nitrogen and oxygen atoms in total. The highest BCUT2D eigenvalue weighted by atomic mass is 16.2. The number of hydrogen-bond donors (Lipinski definition) is 1. The van der Waals surface area contributed by atoms with Gasteiger partial charge in [0.25, 0.3) is 5.91 Å². The second-order valence-electron chi connectivity index (χ2n) is 3.70. The van der Waals surface area contributed by atoms with Crippen LogP contribution < -0.4 is 5.32 Å². The zero-order valence-electron chi connectivity index (χ0n) is 8.77. The van der Waals surface area contributed by atoms with Crippen molar-refractivity contribution in [2.45, 2.75) is 19.9 Å². The standard InChI is InChI=1S/C11H13N3O/c1-8(2)13-11(15)9-7-12-10-5-3-4-6-14(9)10/h3-8H,1-2H3,(H,13,15). The number of pyridine rings is 1. The highest BCUT2D eigenvalue weighted by Crippen LogP contribution is 2.05. The Balaban J connectivity index is 2.40. The number of hydrogen-bond acceptors (Lipinski definition) is 2. The Hall–Kier alpha value is -1.84. The van der Waals surface area contributed by atoms with Crippen molar-refractivity contribution in [1.82, 2.24) is 14.7 Å². The number of aromatic nitrogens is 2. The number of carbonyl (C=O) groups is 1. The first-order valence-corrected chi connectivity index (χ1v) is 4.91. The Bertz CT molecular complexity index is 487. The smallest absolute Gasteiger partial charge is 0.270 e. The van der Waals surface area contributed by atoms with Crippen molar-refractivity contribution in [1.29, 1.82) is 0 Å². The van der Waals surface area contributed by atoms with Gasteiger partial charge in [0, 0.05) is 12.2 Å². The van der Waals surface area contributed by atoms with Crippen molar-refractivity contribution in [2.24, 2.45) is 0 Å². The molecule has 0 spiro atoms. The van der Waals surface area contributed by atoms with Gasteiger partial charge in [0.1, 0.15) is 11.3 Å². The molecule has 0 saturated carbocycles. The molecule has 0 saturated heterocycles. The van der Waals surface area contributed by atoms with Crippen LogP contribution in [-0.2, 0) is 0 Å². The summed E-state index contributed by atoms with van der Waals surface area (Å²) in [7, 11) is 0. The molecule has 0 unspecified atom stereocenters. The van der Waals surface area contributed by atoms with E-state index in [2.05, 4.69) is 10.3 Å². The van der Waals surface area contributed by atoms with Crippen LogP contribution in [0.25, 0.3) is 5.65 Å². The minimum atomic E-state index is -0.0938. The second kappa shape index (κ2) is 3.73. The predicted octanol–water partition coefficient (Wildman–Crippen LogP) is 1.47. The topological polar surface area (TPSA) is 46.4 Å². The fourth-order valence-electron chi connectivity index (χ4n) is 1.44. The fraction of sp³-hybridized carbons (Fsp3) is 0.273. The zero-order chi connectivity index (χ0) is 10.8. The molecule has 1 amide bonds. The molecule has 0 fully saturated rings. The zero-order valence-corrected chi connectivity index (χ0v) is 8.77. The molecule has 0 aliphatic carbocycles. The number of amides is 1. The van der Waals surface area contributed by atoms with Crippen molar-refractivity contribution in [3.8, 4) is 0 Å². The molecule has 1 N–H and O–H groups in total. The van der Waals surface area contributed by atoms with Gasteiger partial charge < -0.3 is 5.32 Å². The van der Waals surface area contributed by atoms with E-state index in [0.29, 0.717) is 5.69 Å². The fourth-order valence-corrected chi connectivity index (χ4v) is 1.44. The molecular weight excluding hydrogens is 190 g/mol. The van der Waals surface area contributed by atoms with Crippen molar-refractivity contribution in [3.63, 3.8) is 0 Å². The van der Waals surface area contributed by atoms with Crippen LogP contribution in [0.5, 0.6) is 0 Å². The summed E-state index contributed by atoms with van der Waals surface area (Å²) in [6.07, 6.45) is 3.42. The van der Waals surface area contributed by atoms with Gasteiger partial charge in [0.2, 0.25) is 0 Å². The molecule has 0 bridgehead atoms. The van der Waals surface area contributed by atoms with Gasteiger partial charge in [-0.1, -0.05) is 6.07 Å². The van der Waals surface area contributed by atoms with Crippen LogP contribution in [0.3, 0.4) is 0 Å². The third kappa shape index (κ3) is 1.83. The molecule has 2 aromatic rings. The summed E-state index contributed by atoms with van der Waals surface area (Å²) < 4.78 is 1.78. The number of nitrogens with zero attached hydrogens (tertiary/aromatic N) is 2. The van der Waals surface area contributed by atoms with Crippen LogP contribution in [-0.4, -0.2) is 21.3 Å². The van der Waals surface area contributed by atoms with E-state index in [1.54, 1.807) is 10.6 Å². The van der Waals surface area contributed by atoms with Gasteiger partial charge in [-0.2, -0.15) is 0 Å². The maximum absolute atomic E-state index is 11.8. The van der Waals surface area contributed by atoms with E-state index in [1.165, 1.54) is 0 Å². The predicted molar refractivity (Wildman–Crippen MR) is 57.8 cm³/mol. The first-order valence-electron chi connectivity index (χ1n) is 4.91. The average Bonchev–Trinajstić information content (AvgIpc) is 2.59. The average molecular weight is 203 g/mol. The Kier molecular flexibility index (Phi) is 2.41. The largest absolute Gasteiger partial charge is 0.349 e. The number of rotatable bonds is 2. The van der Waals surface area contributed by atoms with Gasteiger partial charge in [0.15, 0.2) is 0 Å². The van der Waals surface area contributed by atoms with Gasteiger partial charge in [0.05, 0.1) is 6.20 Å². The number of carbonyl (C=O) groups excluding carboxylic acids is 1. The third-order valence-electron chi connectivity index (χ3n) is 2.07. The lowest BCUT2D eigenvalue weighted by Crippen LogP contribution is -2.30. The van der Waals surface area contributed by atoms with Gasteiger partial charge in [-0.05, 0) is 26.0 Å². The van der Waals surface area contributed by atoms with Crippen LogP contribution in [0, 0.1) is 0 Å². The lowest BCUT2D eigenvalue weighted by Gasteiger charge is -2.07.